The molecule has 4 rings (SSSR count). The van der Waals surface area contributed by atoms with Crippen molar-refractivity contribution in [3.05, 3.63) is 105 Å². The molecule has 4 aromatic rings. The minimum atomic E-state index is -0.326. The maximum absolute atomic E-state index is 13.2. The van der Waals surface area contributed by atoms with Gasteiger partial charge in [-0.15, -0.1) is 0 Å². The number of aryl methyl sites for hydroxylation is 2. The maximum atomic E-state index is 13.2. The van der Waals surface area contributed by atoms with Crippen molar-refractivity contribution in [1.29, 1.82) is 0 Å². The molecular formula is C25H23N3O3. The fraction of sp³-hybridized carbons (Fsp3) is 0.160. The number of benzene rings is 2. The van der Waals surface area contributed by atoms with Crippen molar-refractivity contribution in [3.63, 3.8) is 0 Å². The Labute approximate surface area is 179 Å². The van der Waals surface area contributed by atoms with Crippen molar-refractivity contribution in [3.8, 4) is 0 Å². The number of para-hydroxylation sites is 1. The number of nitrogens with one attached hydrogen (secondary N) is 2. The molecule has 2 heterocycles. The van der Waals surface area contributed by atoms with Crippen LogP contribution in [0.4, 0.5) is 0 Å². The lowest BCUT2D eigenvalue weighted by Gasteiger charge is -2.09. The van der Waals surface area contributed by atoms with Gasteiger partial charge < -0.3 is 10.3 Å². The molecule has 0 saturated carbocycles. The van der Waals surface area contributed by atoms with Crippen molar-refractivity contribution < 1.29 is 9.59 Å². The molecule has 0 aliphatic carbocycles. The molecule has 0 saturated heterocycles. The third kappa shape index (κ3) is 3.68. The number of hydrogen-bond donors (Lipinski definition) is 2. The Bertz CT molecular complexity index is 1360. The van der Waals surface area contributed by atoms with Crippen molar-refractivity contribution >= 4 is 22.7 Å². The quantitative estimate of drug-likeness (QED) is 0.533. The molecule has 0 bridgehead atoms. The van der Waals surface area contributed by atoms with Crippen LogP contribution < -0.4 is 10.9 Å². The molecule has 156 valence electrons. The minimum Gasteiger partial charge on any atom is -0.348 e. The van der Waals surface area contributed by atoms with Crippen molar-refractivity contribution in [2.75, 3.05) is 0 Å². The SMILES string of the molecule is Cc1cc(C)c(CNC(=O)c2c(C)n(C(=O)c3ccccc3)c3ccccc23)c(=O)[nH]1. The van der Waals surface area contributed by atoms with Crippen molar-refractivity contribution in [2.24, 2.45) is 0 Å². The monoisotopic (exact) mass is 413 g/mol. The second-order valence-corrected chi connectivity index (χ2v) is 7.61. The molecule has 2 aromatic carbocycles. The predicted octanol–water partition coefficient (Wildman–Crippen LogP) is 3.87. The first-order valence-corrected chi connectivity index (χ1v) is 10.1. The number of carbonyl (C=O) groups is 2. The van der Waals surface area contributed by atoms with Gasteiger partial charge in [-0.25, -0.2) is 0 Å². The average Bonchev–Trinajstić information content (AvgIpc) is 3.04. The van der Waals surface area contributed by atoms with Crippen LogP contribution in [0.5, 0.6) is 0 Å². The molecule has 31 heavy (non-hydrogen) atoms. The Kier molecular flexibility index (Phi) is 5.29. The van der Waals surface area contributed by atoms with Crippen LogP contribution in [-0.2, 0) is 6.54 Å². The zero-order valence-corrected chi connectivity index (χ0v) is 17.7. The number of carbonyl (C=O) groups excluding carboxylic acids is 2. The molecule has 2 aromatic heterocycles. The number of nitrogens with zero attached hydrogens (tertiary/aromatic N) is 1. The first-order chi connectivity index (χ1) is 14.9. The molecule has 1 amide bonds. The maximum Gasteiger partial charge on any atom is 0.262 e. The lowest BCUT2D eigenvalue weighted by atomic mass is 10.1. The van der Waals surface area contributed by atoms with E-state index in [4.69, 9.17) is 0 Å². The Morgan fingerprint density at radius 3 is 2.35 bits per heavy atom. The highest BCUT2D eigenvalue weighted by atomic mass is 16.2. The molecule has 0 radical (unpaired) electrons. The first-order valence-electron chi connectivity index (χ1n) is 10.1. The molecule has 0 atom stereocenters. The first kappa shape index (κ1) is 20.3. The molecule has 0 aliphatic heterocycles. The van der Waals surface area contributed by atoms with Gasteiger partial charge in [0.15, 0.2) is 0 Å². The second-order valence-electron chi connectivity index (χ2n) is 7.61. The largest absolute Gasteiger partial charge is 0.348 e. The van der Waals surface area contributed by atoms with E-state index >= 15 is 0 Å². The van der Waals surface area contributed by atoms with E-state index in [1.165, 1.54) is 0 Å². The number of hydrogen-bond acceptors (Lipinski definition) is 3. The number of aromatic nitrogens is 2. The van der Waals surface area contributed by atoms with Crippen LogP contribution in [-0.4, -0.2) is 21.4 Å². The number of rotatable bonds is 4. The minimum absolute atomic E-state index is 0.103. The average molecular weight is 413 g/mol. The van der Waals surface area contributed by atoms with Crippen molar-refractivity contribution in [1.82, 2.24) is 14.9 Å². The third-order valence-electron chi connectivity index (χ3n) is 5.48. The van der Waals surface area contributed by atoms with Gasteiger partial charge in [-0.2, -0.15) is 0 Å². The molecule has 0 unspecified atom stereocenters. The summed E-state index contributed by atoms with van der Waals surface area (Å²) in [5.41, 5.74) is 4.10. The van der Waals surface area contributed by atoms with Gasteiger partial charge in [0.05, 0.1) is 11.1 Å². The Morgan fingerprint density at radius 2 is 1.65 bits per heavy atom. The van der Waals surface area contributed by atoms with Gasteiger partial charge in [-0.3, -0.25) is 19.0 Å². The zero-order valence-electron chi connectivity index (χ0n) is 17.7. The molecule has 0 aliphatic rings. The Morgan fingerprint density at radius 1 is 0.968 bits per heavy atom. The zero-order chi connectivity index (χ0) is 22.1. The van der Waals surface area contributed by atoms with Gasteiger partial charge in [0, 0.05) is 34.4 Å². The van der Waals surface area contributed by atoms with Crippen molar-refractivity contribution in [2.45, 2.75) is 27.3 Å². The van der Waals surface area contributed by atoms with Gasteiger partial charge in [0.1, 0.15) is 0 Å². The fourth-order valence-electron chi connectivity index (χ4n) is 3.98. The highest BCUT2D eigenvalue weighted by molar-refractivity contribution is 6.13. The summed E-state index contributed by atoms with van der Waals surface area (Å²) in [6, 6.07) is 18.2. The van der Waals surface area contributed by atoms with Crippen LogP contribution >= 0.6 is 0 Å². The summed E-state index contributed by atoms with van der Waals surface area (Å²) < 4.78 is 1.57. The molecule has 0 spiro atoms. The lowest BCUT2D eigenvalue weighted by molar-refractivity contribution is 0.0951. The van der Waals surface area contributed by atoms with Crippen LogP contribution in [0.15, 0.2) is 65.5 Å². The molecule has 0 fully saturated rings. The van der Waals surface area contributed by atoms with E-state index in [1.54, 1.807) is 23.6 Å². The molecular weight excluding hydrogens is 390 g/mol. The molecule has 6 nitrogen and oxygen atoms in total. The van der Waals surface area contributed by atoms with E-state index in [2.05, 4.69) is 10.3 Å². The summed E-state index contributed by atoms with van der Waals surface area (Å²) in [6.45, 7) is 5.53. The number of H-pyrrole nitrogens is 1. The van der Waals surface area contributed by atoms with Gasteiger partial charge in [0.2, 0.25) is 0 Å². The number of pyridine rings is 1. The van der Waals surface area contributed by atoms with Gasteiger partial charge in [0.25, 0.3) is 17.4 Å². The summed E-state index contributed by atoms with van der Waals surface area (Å²) >= 11 is 0. The van der Waals surface area contributed by atoms with E-state index < -0.39 is 0 Å². The summed E-state index contributed by atoms with van der Waals surface area (Å²) in [5, 5.41) is 3.55. The van der Waals surface area contributed by atoms with Crippen LogP contribution in [0.25, 0.3) is 10.9 Å². The highest BCUT2D eigenvalue weighted by Crippen LogP contribution is 2.27. The number of aromatic amines is 1. The topological polar surface area (TPSA) is 84.0 Å². The normalized spacial score (nSPS) is 10.9. The van der Waals surface area contributed by atoms with Crippen LogP contribution in [0, 0.1) is 20.8 Å². The molecule has 6 heteroatoms. The Hall–Kier alpha value is -3.93. The van der Waals surface area contributed by atoms with E-state index in [9.17, 15) is 14.4 Å². The van der Waals surface area contributed by atoms with Gasteiger partial charge in [-0.1, -0.05) is 36.4 Å². The van der Waals surface area contributed by atoms with Gasteiger partial charge in [-0.05, 0) is 50.6 Å². The highest BCUT2D eigenvalue weighted by Gasteiger charge is 2.23. The Balaban J connectivity index is 1.73. The smallest absolute Gasteiger partial charge is 0.262 e. The van der Waals surface area contributed by atoms with E-state index in [0.29, 0.717) is 33.3 Å². The number of amides is 1. The van der Waals surface area contributed by atoms with E-state index in [-0.39, 0.29) is 23.9 Å². The van der Waals surface area contributed by atoms with Gasteiger partial charge >= 0.3 is 0 Å². The summed E-state index contributed by atoms with van der Waals surface area (Å²) in [6.07, 6.45) is 0. The third-order valence-corrected chi connectivity index (χ3v) is 5.48. The van der Waals surface area contributed by atoms with Crippen LogP contribution in [0.3, 0.4) is 0 Å². The van der Waals surface area contributed by atoms with Crippen LogP contribution in [0.2, 0.25) is 0 Å². The lowest BCUT2D eigenvalue weighted by Crippen LogP contribution is -2.28. The summed E-state index contributed by atoms with van der Waals surface area (Å²) in [7, 11) is 0. The fourth-order valence-corrected chi connectivity index (χ4v) is 3.98. The van der Waals surface area contributed by atoms with E-state index in [1.807, 2.05) is 62.4 Å². The predicted molar refractivity (Wildman–Crippen MR) is 121 cm³/mol. The number of fused-ring (bicyclic) bond motifs is 1. The summed E-state index contributed by atoms with van der Waals surface area (Å²) in [5.74, 6) is -0.521. The van der Waals surface area contributed by atoms with E-state index in [0.717, 1.165) is 11.3 Å². The second kappa shape index (κ2) is 8.07. The molecule has 2 N–H and O–H groups in total. The van der Waals surface area contributed by atoms with Crippen LogP contribution in [0.1, 0.15) is 43.2 Å². The summed E-state index contributed by atoms with van der Waals surface area (Å²) in [4.78, 5) is 41.4. The standard InChI is InChI=1S/C25H23N3O3/c1-15-13-16(2)27-23(29)20(15)14-26-24(30)22-17(3)28(21-12-8-7-11-19(21)22)25(31)18-9-5-4-6-10-18/h4-13H,14H2,1-3H3,(H,26,30)(H,27,29).